The van der Waals surface area contributed by atoms with Crippen molar-refractivity contribution in [3.8, 4) is 0 Å². The molecule has 0 saturated heterocycles. The van der Waals surface area contributed by atoms with Crippen LogP contribution in [0.15, 0.2) is 16.9 Å². The third kappa shape index (κ3) is 3.34. The van der Waals surface area contributed by atoms with Crippen LogP contribution in [0.4, 0.5) is 0 Å². The standard InChI is InChI=1S/C9H15N5O/c1-2-6-4-15-5-7(6)3-13-9(12)14-8(10)11/h4-5H,2-3H2,1H3,(H6,10,11,12,13,14). The molecule has 6 N–H and O–H groups in total. The Kier molecular flexibility index (Phi) is 3.73. The molecule has 0 aliphatic heterocycles. The maximum Gasteiger partial charge on any atom is 0.195 e. The molecule has 0 bridgehead atoms. The van der Waals surface area contributed by atoms with Gasteiger partial charge >= 0.3 is 0 Å². The molecule has 0 saturated carbocycles. The third-order valence-corrected chi connectivity index (χ3v) is 1.93. The summed E-state index contributed by atoms with van der Waals surface area (Å²) in [5, 5.41) is 19.4. The zero-order chi connectivity index (χ0) is 11.3. The number of hydrogen-bond donors (Lipinski definition) is 5. The zero-order valence-corrected chi connectivity index (χ0v) is 8.55. The number of guanidine groups is 2. The van der Waals surface area contributed by atoms with Crippen LogP contribution in [0.2, 0.25) is 0 Å². The van der Waals surface area contributed by atoms with Gasteiger partial charge in [0.1, 0.15) is 0 Å². The van der Waals surface area contributed by atoms with Crippen molar-refractivity contribution in [2.24, 2.45) is 5.73 Å². The van der Waals surface area contributed by atoms with E-state index >= 15 is 0 Å². The molecule has 0 amide bonds. The second-order valence-electron chi connectivity index (χ2n) is 3.04. The first-order valence-electron chi connectivity index (χ1n) is 4.61. The second kappa shape index (κ2) is 5.04. The van der Waals surface area contributed by atoms with Crippen LogP contribution in [0.5, 0.6) is 0 Å². The Hall–Kier alpha value is -1.98. The maximum atomic E-state index is 7.38. The van der Waals surface area contributed by atoms with E-state index in [1.54, 1.807) is 12.5 Å². The maximum absolute atomic E-state index is 7.38. The van der Waals surface area contributed by atoms with Crippen molar-refractivity contribution in [3.05, 3.63) is 23.7 Å². The molecule has 82 valence electrons. The fourth-order valence-corrected chi connectivity index (χ4v) is 1.18. The monoisotopic (exact) mass is 209 g/mol. The minimum Gasteiger partial charge on any atom is -0.472 e. The number of nitrogens with one attached hydrogen (secondary N) is 4. The summed E-state index contributed by atoms with van der Waals surface area (Å²) < 4.78 is 5.05. The Labute approximate surface area is 87.9 Å². The van der Waals surface area contributed by atoms with E-state index in [4.69, 9.17) is 21.0 Å². The van der Waals surface area contributed by atoms with Crippen LogP contribution < -0.4 is 16.4 Å². The van der Waals surface area contributed by atoms with E-state index < -0.39 is 0 Å². The van der Waals surface area contributed by atoms with E-state index in [0.717, 1.165) is 17.5 Å². The molecule has 0 spiro atoms. The first-order valence-corrected chi connectivity index (χ1v) is 4.61. The van der Waals surface area contributed by atoms with E-state index in [9.17, 15) is 0 Å². The van der Waals surface area contributed by atoms with Crippen LogP contribution in [-0.4, -0.2) is 11.9 Å². The summed E-state index contributed by atoms with van der Waals surface area (Å²) in [5.41, 5.74) is 7.19. The lowest BCUT2D eigenvalue weighted by atomic mass is 10.1. The summed E-state index contributed by atoms with van der Waals surface area (Å²) >= 11 is 0. The Balaban J connectivity index is 2.43. The second-order valence-corrected chi connectivity index (χ2v) is 3.04. The van der Waals surface area contributed by atoms with E-state index in [1.807, 2.05) is 6.92 Å². The van der Waals surface area contributed by atoms with Gasteiger partial charge in [-0.1, -0.05) is 6.92 Å². The summed E-state index contributed by atoms with van der Waals surface area (Å²) in [6, 6.07) is 0. The fraction of sp³-hybridized carbons (Fsp3) is 0.333. The number of nitrogens with two attached hydrogens (primary N) is 1. The predicted octanol–water partition coefficient (Wildman–Crippen LogP) is 0.349. The lowest BCUT2D eigenvalue weighted by Gasteiger charge is -2.08. The smallest absolute Gasteiger partial charge is 0.195 e. The van der Waals surface area contributed by atoms with Gasteiger partial charge in [-0.2, -0.15) is 0 Å². The van der Waals surface area contributed by atoms with Crippen LogP contribution in [0, 0.1) is 10.8 Å². The summed E-state index contributed by atoms with van der Waals surface area (Å²) in [4.78, 5) is 0. The molecule has 0 aliphatic rings. The van der Waals surface area contributed by atoms with E-state index in [-0.39, 0.29) is 11.9 Å². The Bertz CT molecular complexity index is 357. The van der Waals surface area contributed by atoms with Crippen molar-refractivity contribution in [2.45, 2.75) is 19.9 Å². The predicted molar refractivity (Wildman–Crippen MR) is 57.7 cm³/mol. The van der Waals surface area contributed by atoms with Gasteiger partial charge < -0.3 is 15.5 Å². The van der Waals surface area contributed by atoms with Gasteiger partial charge in [0.25, 0.3) is 0 Å². The van der Waals surface area contributed by atoms with E-state index in [1.165, 1.54) is 0 Å². The molecular formula is C9H15N5O. The van der Waals surface area contributed by atoms with Crippen molar-refractivity contribution in [1.29, 1.82) is 10.8 Å². The molecule has 6 heteroatoms. The Morgan fingerprint density at radius 3 is 2.67 bits per heavy atom. The number of furan rings is 1. The molecule has 0 unspecified atom stereocenters. The highest BCUT2D eigenvalue weighted by Crippen LogP contribution is 2.10. The lowest BCUT2D eigenvalue weighted by Crippen LogP contribution is -2.43. The molecule has 1 aromatic rings. The quantitative estimate of drug-likeness (QED) is 0.365. The summed E-state index contributed by atoms with van der Waals surface area (Å²) in [7, 11) is 0. The van der Waals surface area contributed by atoms with Crippen molar-refractivity contribution < 1.29 is 4.42 Å². The molecule has 0 aromatic carbocycles. The molecular weight excluding hydrogens is 194 g/mol. The van der Waals surface area contributed by atoms with Crippen molar-refractivity contribution in [3.63, 3.8) is 0 Å². The molecule has 6 nitrogen and oxygen atoms in total. The minimum atomic E-state index is -0.254. The normalized spacial score (nSPS) is 9.67. The highest BCUT2D eigenvalue weighted by Gasteiger charge is 2.04. The molecule has 0 atom stereocenters. The molecule has 1 rings (SSSR count). The van der Waals surface area contributed by atoms with Gasteiger partial charge in [-0.15, -0.1) is 0 Å². The Morgan fingerprint density at radius 1 is 1.40 bits per heavy atom. The first kappa shape index (κ1) is 11.1. The van der Waals surface area contributed by atoms with Crippen LogP contribution in [0.1, 0.15) is 18.1 Å². The van der Waals surface area contributed by atoms with Crippen LogP contribution >= 0.6 is 0 Å². The summed E-state index contributed by atoms with van der Waals surface area (Å²) in [6.07, 6.45) is 4.23. The number of aryl methyl sites for hydroxylation is 1. The highest BCUT2D eigenvalue weighted by molar-refractivity contribution is 5.94. The highest BCUT2D eigenvalue weighted by atomic mass is 16.3. The summed E-state index contributed by atoms with van der Waals surface area (Å²) in [6.45, 7) is 2.52. The van der Waals surface area contributed by atoms with E-state index in [2.05, 4.69) is 10.6 Å². The Morgan fingerprint density at radius 2 is 2.07 bits per heavy atom. The third-order valence-electron chi connectivity index (χ3n) is 1.93. The van der Waals surface area contributed by atoms with Crippen LogP contribution in [-0.2, 0) is 13.0 Å². The van der Waals surface area contributed by atoms with Crippen molar-refractivity contribution >= 4 is 11.9 Å². The van der Waals surface area contributed by atoms with Crippen LogP contribution in [0.3, 0.4) is 0 Å². The minimum absolute atomic E-state index is 0.00533. The van der Waals surface area contributed by atoms with Crippen molar-refractivity contribution in [1.82, 2.24) is 10.6 Å². The average Bonchev–Trinajstić information content (AvgIpc) is 2.60. The molecule has 0 aliphatic carbocycles. The molecule has 0 fully saturated rings. The largest absolute Gasteiger partial charge is 0.472 e. The van der Waals surface area contributed by atoms with Gasteiger partial charge in [-0.3, -0.25) is 16.1 Å². The summed E-state index contributed by atoms with van der Waals surface area (Å²) in [5.74, 6) is -0.249. The van der Waals surface area contributed by atoms with Crippen molar-refractivity contribution in [2.75, 3.05) is 0 Å². The number of rotatable bonds is 3. The number of hydrogen-bond acceptors (Lipinski definition) is 3. The zero-order valence-electron chi connectivity index (χ0n) is 8.55. The topological polar surface area (TPSA) is 111 Å². The van der Waals surface area contributed by atoms with Gasteiger partial charge in [0, 0.05) is 12.1 Å². The van der Waals surface area contributed by atoms with E-state index in [0.29, 0.717) is 6.54 Å². The molecule has 1 aromatic heterocycles. The first-order chi connectivity index (χ1) is 7.13. The van der Waals surface area contributed by atoms with Gasteiger partial charge in [0.2, 0.25) is 0 Å². The van der Waals surface area contributed by atoms with Gasteiger partial charge in [-0.05, 0) is 12.0 Å². The molecule has 15 heavy (non-hydrogen) atoms. The lowest BCUT2D eigenvalue weighted by molar-refractivity contribution is 0.561. The molecule has 0 radical (unpaired) electrons. The van der Waals surface area contributed by atoms with Gasteiger partial charge in [0.05, 0.1) is 12.5 Å². The fourth-order valence-electron chi connectivity index (χ4n) is 1.18. The molecule has 1 heterocycles. The van der Waals surface area contributed by atoms with Gasteiger partial charge in [-0.25, -0.2) is 0 Å². The average molecular weight is 209 g/mol. The SMILES string of the molecule is CCc1cocc1CNC(=N)NC(=N)N. The van der Waals surface area contributed by atoms with Gasteiger partial charge in [0.15, 0.2) is 11.9 Å². The van der Waals surface area contributed by atoms with Crippen LogP contribution in [0.25, 0.3) is 0 Å².